The van der Waals surface area contributed by atoms with Crippen molar-refractivity contribution in [3.63, 3.8) is 0 Å². The molecule has 122 valence electrons. The first-order valence-corrected chi connectivity index (χ1v) is 8.51. The Bertz CT molecular complexity index is 602. The number of rotatable bonds is 3. The predicted octanol–water partition coefficient (Wildman–Crippen LogP) is 2.33. The summed E-state index contributed by atoms with van der Waals surface area (Å²) in [6, 6.07) is 3.92. The number of pyridine rings is 1. The molecule has 0 bridgehead atoms. The van der Waals surface area contributed by atoms with Crippen molar-refractivity contribution in [1.29, 1.82) is 0 Å². The largest absolute Gasteiger partial charge is 0.486 e. The monoisotopic (exact) mass is 314 g/mol. The van der Waals surface area contributed by atoms with Gasteiger partial charge in [0.1, 0.15) is 18.0 Å². The molecule has 5 heteroatoms. The Morgan fingerprint density at radius 1 is 1.39 bits per heavy atom. The van der Waals surface area contributed by atoms with Crippen molar-refractivity contribution in [1.82, 2.24) is 9.88 Å². The van der Waals surface area contributed by atoms with Gasteiger partial charge in [-0.1, -0.05) is 6.08 Å². The second-order valence-corrected chi connectivity index (χ2v) is 6.45. The van der Waals surface area contributed by atoms with Crippen LogP contribution in [0.1, 0.15) is 32.1 Å². The molecule has 0 radical (unpaired) electrons. The first-order chi connectivity index (χ1) is 11.3. The highest BCUT2D eigenvalue weighted by atomic mass is 16.5. The van der Waals surface area contributed by atoms with Crippen LogP contribution in [0.5, 0.6) is 5.75 Å². The number of aromatic nitrogens is 1. The van der Waals surface area contributed by atoms with Crippen molar-refractivity contribution in [2.45, 2.75) is 50.4 Å². The molecule has 1 saturated carbocycles. The van der Waals surface area contributed by atoms with Crippen LogP contribution in [0.15, 0.2) is 36.2 Å². The molecule has 5 nitrogen and oxygen atoms in total. The van der Waals surface area contributed by atoms with Gasteiger partial charge in [-0.3, -0.25) is 9.78 Å². The summed E-state index contributed by atoms with van der Waals surface area (Å²) in [6.07, 6.45) is 10.4. The normalized spacial score (nSPS) is 30.0. The highest BCUT2D eigenvalue weighted by Gasteiger charge is 2.46. The molecule has 23 heavy (non-hydrogen) atoms. The van der Waals surface area contributed by atoms with Crippen molar-refractivity contribution in [2.75, 3.05) is 13.2 Å². The number of carbonyl (C=O) groups is 1. The van der Waals surface area contributed by atoms with Crippen LogP contribution < -0.4 is 4.74 Å². The smallest absolute Gasteiger partial charge is 0.249 e. The summed E-state index contributed by atoms with van der Waals surface area (Å²) in [4.78, 5) is 18.9. The van der Waals surface area contributed by atoms with Gasteiger partial charge >= 0.3 is 0 Å². The van der Waals surface area contributed by atoms with Crippen LogP contribution in [0.25, 0.3) is 0 Å². The Hall–Kier alpha value is -1.88. The van der Waals surface area contributed by atoms with Crippen LogP contribution in [0.3, 0.4) is 0 Å². The van der Waals surface area contributed by atoms with Gasteiger partial charge in [0.05, 0.1) is 18.8 Å². The third-order valence-corrected chi connectivity index (χ3v) is 5.03. The van der Waals surface area contributed by atoms with E-state index in [4.69, 9.17) is 9.47 Å². The molecule has 0 aromatic carbocycles. The molecule has 1 saturated heterocycles. The average molecular weight is 314 g/mol. The van der Waals surface area contributed by atoms with E-state index in [2.05, 4.69) is 11.1 Å². The van der Waals surface area contributed by atoms with E-state index < -0.39 is 0 Å². The molecule has 0 spiro atoms. The predicted molar refractivity (Wildman–Crippen MR) is 85.1 cm³/mol. The van der Waals surface area contributed by atoms with E-state index in [1.807, 2.05) is 17.0 Å². The summed E-state index contributed by atoms with van der Waals surface area (Å²) in [5.41, 5.74) is 0.988. The Morgan fingerprint density at radius 3 is 3.13 bits per heavy atom. The highest BCUT2D eigenvalue weighted by Crippen LogP contribution is 2.34. The van der Waals surface area contributed by atoms with Gasteiger partial charge in [-0.05, 0) is 44.2 Å². The Kier molecular flexibility index (Phi) is 4.04. The van der Waals surface area contributed by atoms with Crippen LogP contribution in [0.2, 0.25) is 0 Å². The van der Waals surface area contributed by atoms with E-state index in [-0.39, 0.29) is 24.2 Å². The van der Waals surface area contributed by atoms with Crippen molar-refractivity contribution in [3.05, 3.63) is 36.2 Å². The quantitative estimate of drug-likeness (QED) is 0.859. The fourth-order valence-electron chi connectivity index (χ4n) is 3.94. The van der Waals surface area contributed by atoms with Gasteiger partial charge in [0.2, 0.25) is 5.91 Å². The fourth-order valence-corrected chi connectivity index (χ4v) is 3.94. The maximum atomic E-state index is 12.8. The number of allylic oxidation sites excluding steroid dienone is 1. The molecule has 0 unspecified atom stereocenters. The number of hydrogen-bond acceptors (Lipinski definition) is 4. The van der Waals surface area contributed by atoms with Gasteiger partial charge in [0.25, 0.3) is 0 Å². The van der Waals surface area contributed by atoms with Gasteiger partial charge in [-0.25, -0.2) is 0 Å². The maximum Gasteiger partial charge on any atom is 0.249 e. The molecule has 3 aliphatic rings. The zero-order valence-electron chi connectivity index (χ0n) is 13.2. The van der Waals surface area contributed by atoms with Gasteiger partial charge in [-0.2, -0.15) is 0 Å². The first kappa shape index (κ1) is 14.7. The van der Waals surface area contributed by atoms with E-state index in [0.717, 1.165) is 43.4 Å². The lowest BCUT2D eigenvalue weighted by molar-refractivity contribution is -0.143. The van der Waals surface area contributed by atoms with Crippen molar-refractivity contribution in [3.8, 4) is 5.75 Å². The second-order valence-electron chi connectivity index (χ2n) is 6.45. The summed E-state index contributed by atoms with van der Waals surface area (Å²) in [7, 11) is 0. The summed E-state index contributed by atoms with van der Waals surface area (Å²) in [6.45, 7) is 1.28. The molecule has 2 heterocycles. The van der Waals surface area contributed by atoms with Crippen LogP contribution in [0, 0.1) is 0 Å². The van der Waals surface area contributed by atoms with E-state index in [1.165, 1.54) is 0 Å². The number of morpholine rings is 1. The minimum Gasteiger partial charge on any atom is -0.486 e. The van der Waals surface area contributed by atoms with E-state index in [9.17, 15) is 4.79 Å². The van der Waals surface area contributed by atoms with E-state index >= 15 is 0 Å². The lowest BCUT2D eigenvalue weighted by Crippen LogP contribution is -2.54. The van der Waals surface area contributed by atoms with Gasteiger partial charge in [0, 0.05) is 18.3 Å². The maximum absolute atomic E-state index is 12.8. The molecule has 1 aliphatic heterocycles. The summed E-state index contributed by atoms with van der Waals surface area (Å²) in [5, 5.41) is 0. The topological polar surface area (TPSA) is 51.7 Å². The Morgan fingerprint density at radius 2 is 2.35 bits per heavy atom. The molecule has 2 fully saturated rings. The van der Waals surface area contributed by atoms with Crippen LogP contribution >= 0.6 is 0 Å². The third-order valence-electron chi connectivity index (χ3n) is 5.03. The highest BCUT2D eigenvalue weighted by molar-refractivity contribution is 5.94. The number of amides is 1. The lowest BCUT2D eigenvalue weighted by Gasteiger charge is -2.39. The van der Waals surface area contributed by atoms with Crippen molar-refractivity contribution in [2.24, 2.45) is 0 Å². The van der Waals surface area contributed by atoms with Gasteiger partial charge in [0.15, 0.2) is 0 Å². The van der Waals surface area contributed by atoms with Crippen molar-refractivity contribution < 1.29 is 14.3 Å². The van der Waals surface area contributed by atoms with E-state index in [1.54, 1.807) is 12.4 Å². The molecular formula is C18H22N2O3. The summed E-state index contributed by atoms with van der Waals surface area (Å²) >= 11 is 0. The zero-order valence-corrected chi connectivity index (χ0v) is 13.2. The molecule has 1 aromatic heterocycles. The first-order valence-electron chi connectivity index (χ1n) is 8.51. The Labute approximate surface area is 136 Å². The summed E-state index contributed by atoms with van der Waals surface area (Å²) < 4.78 is 12.0. The molecule has 4 rings (SSSR count). The van der Waals surface area contributed by atoms with Crippen molar-refractivity contribution >= 4 is 5.91 Å². The third kappa shape index (κ3) is 2.85. The number of ether oxygens (including phenoxy) is 2. The standard InChI is InChI=1S/C18H22N2O3/c21-18(13-4-1-2-5-13)20-10-11-22-17-15(20)7-8-16(17)23-14-6-3-9-19-12-14/h3-4,6,9,12,15-17H,1-2,5,7-8,10-11H2/t15-,16-,17+/m1/s1. The zero-order chi connectivity index (χ0) is 15.6. The number of fused-ring (bicyclic) bond motifs is 1. The second kappa shape index (κ2) is 6.32. The van der Waals surface area contributed by atoms with Crippen LogP contribution in [-0.4, -0.2) is 47.2 Å². The molecule has 0 N–H and O–H groups in total. The SMILES string of the molecule is O=C(C1=CCCC1)N1CCO[C@H]2[C@H]1CC[C@H]2Oc1cccnc1. The molecule has 1 aromatic rings. The Balaban J connectivity index is 1.47. The van der Waals surface area contributed by atoms with Crippen LogP contribution in [0.4, 0.5) is 0 Å². The molecule has 3 atom stereocenters. The van der Waals surface area contributed by atoms with Gasteiger partial charge in [-0.15, -0.1) is 0 Å². The van der Waals surface area contributed by atoms with E-state index in [0.29, 0.717) is 13.2 Å². The van der Waals surface area contributed by atoms with Crippen LogP contribution in [-0.2, 0) is 9.53 Å². The minimum atomic E-state index is -0.0325. The minimum absolute atomic E-state index is 0.00245. The number of carbonyl (C=O) groups excluding carboxylic acids is 1. The fraction of sp³-hybridized carbons (Fsp3) is 0.556. The molecular weight excluding hydrogens is 292 g/mol. The number of hydrogen-bond donors (Lipinski definition) is 0. The average Bonchev–Trinajstić information content (AvgIpc) is 3.25. The number of nitrogens with zero attached hydrogens (tertiary/aromatic N) is 2. The lowest BCUT2D eigenvalue weighted by atomic mass is 10.1. The molecule has 1 amide bonds. The molecule has 2 aliphatic carbocycles. The summed E-state index contributed by atoms with van der Waals surface area (Å²) in [5.74, 6) is 0.978. The van der Waals surface area contributed by atoms with Gasteiger partial charge < -0.3 is 14.4 Å².